The Hall–Kier alpha value is -1.40. The number of benzene rings is 1. The highest BCUT2D eigenvalue weighted by Gasteiger charge is 2.30. The van der Waals surface area contributed by atoms with Gasteiger partial charge in [-0.3, -0.25) is 10.1 Å². The van der Waals surface area contributed by atoms with Crippen molar-refractivity contribution in [2.45, 2.75) is 32.2 Å². The van der Waals surface area contributed by atoms with E-state index in [0.717, 1.165) is 11.3 Å². The number of nitrogens with one attached hydrogen (secondary N) is 1. The van der Waals surface area contributed by atoms with Crippen molar-refractivity contribution >= 4 is 17.7 Å². The third kappa shape index (κ3) is 4.30. The molecule has 1 aromatic carbocycles. The molecule has 1 aliphatic rings. The molecule has 0 bridgehead atoms. The monoisotopic (exact) mass is 325 g/mol. The van der Waals surface area contributed by atoms with E-state index in [1.165, 1.54) is 0 Å². The van der Waals surface area contributed by atoms with Crippen LogP contribution < -0.4 is 14.8 Å². The van der Waals surface area contributed by atoms with Gasteiger partial charge in [0.1, 0.15) is 6.04 Å². The van der Waals surface area contributed by atoms with Crippen LogP contribution in [0.2, 0.25) is 0 Å². The second kappa shape index (κ2) is 7.74. The van der Waals surface area contributed by atoms with Gasteiger partial charge in [-0.05, 0) is 30.5 Å². The largest absolute Gasteiger partial charge is 0.490 e. The van der Waals surface area contributed by atoms with E-state index < -0.39 is 12.0 Å². The third-order valence-corrected chi connectivity index (χ3v) is 4.49. The van der Waals surface area contributed by atoms with Crippen molar-refractivity contribution in [1.29, 1.82) is 0 Å². The highest BCUT2D eigenvalue weighted by molar-refractivity contribution is 7.99. The Morgan fingerprint density at radius 3 is 2.77 bits per heavy atom. The van der Waals surface area contributed by atoms with Crippen LogP contribution >= 0.6 is 11.8 Å². The first-order valence-electron chi connectivity index (χ1n) is 7.51. The van der Waals surface area contributed by atoms with Crippen molar-refractivity contribution < 1.29 is 19.4 Å². The van der Waals surface area contributed by atoms with Gasteiger partial charge in [0.25, 0.3) is 0 Å². The lowest BCUT2D eigenvalue weighted by atomic mass is 10.2. The standard InChI is InChI=1S/C16H23NO4S/c1-4-20-14-7-11(5-6-13(14)21-8-10(2)3)15-17-12(9-22-15)16(18)19/h5-7,10,12,15,17H,4,8-9H2,1-3H3,(H,18,19)/t12-,15+/m1/s1. The molecule has 0 saturated carbocycles. The van der Waals surface area contributed by atoms with E-state index in [2.05, 4.69) is 19.2 Å². The molecule has 2 atom stereocenters. The zero-order valence-electron chi connectivity index (χ0n) is 13.2. The molecule has 1 aliphatic heterocycles. The highest BCUT2D eigenvalue weighted by atomic mass is 32.2. The smallest absolute Gasteiger partial charge is 0.321 e. The molecule has 2 rings (SSSR count). The first-order valence-corrected chi connectivity index (χ1v) is 8.56. The number of carbonyl (C=O) groups is 1. The summed E-state index contributed by atoms with van der Waals surface area (Å²) in [6, 6.07) is 5.31. The molecule has 2 N–H and O–H groups in total. The van der Waals surface area contributed by atoms with Gasteiger partial charge in [-0.2, -0.15) is 0 Å². The van der Waals surface area contributed by atoms with Gasteiger partial charge in [-0.25, -0.2) is 0 Å². The summed E-state index contributed by atoms with van der Waals surface area (Å²) in [4.78, 5) is 11.0. The Bertz CT molecular complexity index is 521. The van der Waals surface area contributed by atoms with Gasteiger partial charge < -0.3 is 14.6 Å². The summed E-state index contributed by atoms with van der Waals surface area (Å²) < 4.78 is 11.4. The average Bonchev–Trinajstić information content (AvgIpc) is 2.96. The van der Waals surface area contributed by atoms with Crippen molar-refractivity contribution in [3.63, 3.8) is 0 Å². The summed E-state index contributed by atoms with van der Waals surface area (Å²) >= 11 is 1.59. The van der Waals surface area contributed by atoms with Crippen LogP contribution in [0.25, 0.3) is 0 Å². The Morgan fingerprint density at radius 1 is 1.41 bits per heavy atom. The molecule has 1 saturated heterocycles. The molecule has 5 nitrogen and oxygen atoms in total. The highest BCUT2D eigenvalue weighted by Crippen LogP contribution is 2.37. The predicted molar refractivity (Wildman–Crippen MR) is 87.7 cm³/mol. The second-order valence-corrected chi connectivity index (χ2v) is 6.75. The molecule has 0 amide bonds. The minimum atomic E-state index is -0.808. The maximum absolute atomic E-state index is 11.0. The minimum absolute atomic E-state index is 0.0283. The van der Waals surface area contributed by atoms with E-state index in [1.807, 2.05) is 25.1 Å². The first kappa shape index (κ1) is 17.0. The van der Waals surface area contributed by atoms with Gasteiger partial charge in [0.2, 0.25) is 0 Å². The van der Waals surface area contributed by atoms with Crippen LogP contribution in [0.3, 0.4) is 0 Å². The number of hydrogen-bond donors (Lipinski definition) is 2. The molecule has 6 heteroatoms. The van der Waals surface area contributed by atoms with Crippen molar-refractivity contribution in [3.05, 3.63) is 23.8 Å². The topological polar surface area (TPSA) is 67.8 Å². The summed E-state index contributed by atoms with van der Waals surface area (Å²) in [5.74, 6) is 1.64. The molecule has 0 radical (unpaired) electrons. The first-order chi connectivity index (χ1) is 10.5. The van der Waals surface area contributed by atoms with Gasteiger partial charge in [0.05, 0.1) is 18.6 Å². The van der Waals surface area contributed by atoms with Crippen LogP contribution in [-0.4, -0.2) is 36.1 Å². The Balaban J connectivity index is 2.13. The molecule has 0 spiro atoms. The summed E-state index contributed by atoms with van der Waals surface area (Å²) in [6.07, 6.45) is 0. The van der Waals surface area contributed by atoms with Crippen molar-refractivity contribution in [2.75, 3.05) is 19.0 Å². The zero-order valence-corrected chi connectivity index (χ0v) is 14.0. The van der Waals surface area contributed by atoms with Crippen molar-refractivity contribution in [2.24, 2.45) is 5.92 Å². The Labute approximate surface area is 135 Å². The van der Waals surface area contributed by atoms with Crippen molar-refractivity contribution in [1.82, 2.24) is 5.32 Å². The number of hydrogen-bond acceptors (Lipinski definition) is 5. The summed E-state index contributed by atoms with van der Waals surface area (Å²) in [5.41, 5.74) is 1.01. The lowest BCUT2D eigenvalue weighted by Crippen LogP contribution is -2.33. The van der Waals surface area contributed by atoms with E-state index in [4.69, 9.17) is 14.6 Å². The maximum Gasteiger partial charge on any atom is 0.321 e. The second-order valence-electron chi connectivity index (χ2n) is 5.61. The maximum atomic E-state index is 11.0. The fraction of sp³-hybridized carbons (Fsp3) is 0.562. The number of carboxylic acids is 1. The van der Waals surface area contributed by atoms with E-state index in [-0.39, 0.29) is 5.37 Å². The SMILES string of the molecule is CCOc1cc([C@H]2N[C@@H](C(=O)O)CS2)ccc1OCC(C)C. The fourth-order valence-electron chi connectivity index (χ4n) is 2.14. The van der Waals surface area contributed by atoms with E-state index in [1.54, 1.807) is 11.8 Å². The molecule has 1 aromatic rings. The number of aliphatic carboxylic acids is 1. The summed E-state index contributed by atoms with van der Waals surface area (Å²) in [6.45, 7) is 7.32. The van der Waals surface area contributed by atoms with Crippen LogP contribution in [0.5, 0.6) is 11.5 Å². The molecule has 1 heterocycles. The van der Waals surface area contributed by atoms with Gasteiger partial charge in [0.15, 0.2) is 11.5 Å². The van der Waals surface area contributed by atoms with Crippen LogP contribution in [0.1, 0.15) is 31.7 Å². The number of carboxylic acid groups (broad SMARTS) is 1. The van der Waals surface area contributed by atoms with Gasteiger partial charge in [-0.15, -0.1) is 11.8 Å². The van der Waals surface area contributed by atoms with Crippen LogP contribution in [-0.2, 0) is 4.79 Å². The quantitative estimate of drug-likeness (QED) is 0.803. The third-order valence-electron chi connectivity index (χ3n) is 3.22. The molecule has 1 fully saturated rings. The summed E-state index contributed by atoms with van der Waals surface area (Å²) in [5, 5.41) is 12.1. The van der Waals surface area contributed by atoms with E-state index in [0.29, 0.717) is 30.6 Å². The zero-order chi connectivity index (χ0) is 16.1. The van der Waals surface area contributed by atoms with Crippen LogP contribution in [0, 0.1) is 5.92 Å². The molecular formula is C16H23NO4S. The minimum Gasteiger partial charge on any atom is -0.490 e. The van der Waals surface area contributed by atoms with E-state index in [9.17, 15) is 4.79 Å². The summed E-state index contributed by atoms with van der Waals surface area (Å²) in [7, 11) is 0. The number of ether oxygens (including phenoxy) is 2. The van der Waals surface area contributed by atoms with Crippen LogP contribution in [0.15, 0.2) is 18.2 Å². The Kier molecular flexibility index (Phi) is 5.97. The molecule has 0 aliphatic carbocycles. The van der Waals surface area contributed by atoms with Crippen LogP contribution in [0.4, 0.5) is 0 Å². The molecule has 122 valence electrons. The fourth-order valence-corrected chi connectivity index (χ4v) is 3.36. The average molecular weight is 325 g/mol. The lowest BCUT2D eigenvalue weighted by Gasteiger charge is -2.17. The molecule has 22 heavy (non-hydrogen) atoms. The molecule has 0 unspecified atom stereocenters. The molecular weight excluding hydrogens is 302 g/mol. The predicted octanol–water partition coefficient (Wildman–Crippen LogP) is 2.91. The van der Waals surface area contributed by atoms with E-state index >= 15 is 0 Å². The lowest BCUT2D eigenvalue weighted by molar-refractivity contribution is -0.138. The normalized spacial score (nSPS) is 21.1. The van der Waals surface area contributed by atoms with Gasteiger partial charge in [-0.1, -0.05) is 19.9 Å². The number of thioether (sulfide) groups is 1. The Morgan fingerprint density at radius 2 is 2.18 bits per heavy atom. The van der Waals surface area contributed by atoms with Gasteiger partial charge in [0, 0.05) is 5.75 Å². The van der Waals surface area contributed by atoms with Crippen molar-refractivity contribution in [3.8, 4) is 11.5 Å². The molecule has 0 aromatic heterocycles. The van der Waals surface area contributed by atoms with Gasteiger partial charge >= 0.3 is 5.97 Å². The number of rotatable bonds is 7.